The van der Waals surface area contributed by atoms with Gasteiger partial charge < -0.3 is 15.2 Å². The second-order valence-corrected chi connectivity index (χ2v) is 2.17. The molecule has 0 aromatic carbocycles. The van der Waals surface area contributed by atoms with E-state index in [0.29, 0.717) is 11.7 Å². The maximum atomic E-state index is 10.7. The molecule has 2 N–H and O–H groups in total. The molecule has 0 aliphatic rings. The van der Waals surface area contributed by atoms with Crippen molar-refractivity contribution in [3.63, 3.8) is 0 Å². The molecule has 1 aromatic rings. The number of hydrogen-bond acceptors (Lipinski definition) is 4. The average Bonchev–Trinajstić information content (AvgIpc) is 2.47. The van der Waals surface area contributed by atoms with Crippen LogP contribution in [0.15, 0.2) is 4.52 Å². The van der Waals surface area contributed by atoms with Crippen molar-refractivity contribution in [1.29, 1.82) is 0 Å². The van der Waals surface area contributed by atoms with Gasteiger partial charge in [0.1, 0.15) is 0 Å². The number of carbonyl (C=O) groups is 1. The van der Waals surface area contributed by atoms with Gasteiger partial charge in [-0.15, -0.1) is 0 Å². The van der Waals surface area contributed by atoms with Gasteiger partial charge in [0.2, 0.25) is 5.89 Å². The van der Waals surface area contributed by atoms with Gasteiger partial charge in [0, 0.05) is 7.05 Å². The van der Waals surface area contributed by atoms with Crippen LogP contribution in [0.1, 0.15) is 11.7 Å². The minimum Gasteiger partial charge on any atom is -0.341 e. The van der Waals surface area contributed by atoms with Crippen molar-refractivity contribution >= 4 is 6.03 Å². The summed E-state index contributed by atoms with van der Waals surface area (Å²) < 4.78 is 4.76. The van der Waals surface area contributed by atoms with Gasteiger partial charge in [0.05, 0.1) is 6.54 Å². The normalized spacial score (nSPS) is 9.50. The van der Waals surface area contributed by atoms with E-state index in [4.69, 9.17) is 4.52 Å². The number of carbonyl (C=O) groups excluding carboxylic acids is 1. The van der Waals surface area contributed by atoms with Crippen LogP contribution in [0.25, 0.3) is 0 Å². The third kappa shape index (κ3) is 2.22. The molecule has 12 heavy (non-hydrogen) atoms. The second-order valence-electron chi connectivity index (χ2n) is 2.17. The van der Waals surface area contributed by atoms with Crippen LogP contribution in [0.2, 0.25) is 0 Å². The van der Waals surface area contributed by atoms with Crippen molar-refractivity contribution < 1.29 is 9.32 Å². The van der Waals surface area contributed by atoms with E-state index in [1.54, 1.807) is 6.92 Å². The van der Waals surface area contributed by atoms with E-state index >= 15 is 0 Å². The van der Waals surface area contributed by atoms with Gasteiger partial charge in [0.25, 0.3) is 0 Å². The summed E-state index contributed by atoms with van der Waals surface area (Å²) in [5.74, 6) is 0.958. The van der Waals surface area contributed by atoms with Gasteiger partial charge in [-0.2, -0.15) is 4.98 Å². The van der Waals surface area contributed by atoms with E-state index in [2.05, 4.69) is 20.8 Å². The number of amides is 2. The zero-order chi connectivity index (χ0) is 8.97. The first-order valence-corrected chi connectivity index (χ1v) is 3.47. The monoisotopic (exact) mass is 170 g/mol. The molecule has 0 unspecified atom stereocenters. The van der Waals surface area contributed by atoms with Crippen molar-refractivity contribution in [2.45, 2.75) is 13.5 Å². The Morgan fingerprint density at radius 1 is 1.67 bits per heavy atom. The smallest absolute Gasteiger partial charge is 0.314 e. The number of urea groups is 1. The molecule has 2 amide bonds. The molecule has 1 aromatic heterocycles. The quantitative estimate of drug-likeness (QED) is 0.644. The highest BCUT2D eigenvalue weighted by Crippen LogP contribution is 1.93. The summed E-state index contributed by atoms with van der Waals surface area (Å²) >= 11 is 0. The maximum Gasteiger partial charge on any atom is 0.314 e. The van der Waals surface area contributed by atoms with Gasteiger partial charge in [0.15, 0.2) is 5.82 Å². The summed E-state index contributed by atoms with van der Waals surface area (Å²) in [4.78, 5) is 14.6. The third-order valence-corrected chi connectivity index (χ3v) is 1.20. The highest BCUT2D eigenvalue weighted by Gasteiger charge is 2.03. The van der Waals surface area contributed by atoms with Crippen LogP contribution in [0.5, 0.6) is 0 Å². The molecule has 0 radical (unpaired) electrons. The van der Waals surface area contributed by atoms with Crippen LogP contribution < -0.4 is 10.6 Å². The molecule has 6 nitrogen and oxygen atoms in total. The van der Waals surface area contributed by atoms with E-state index < -0.39 is 0 Å². The van der Waals surface area contributed by atoms with Crippen LogP contribution in [-0.4, -0.2) is 23.2 Å². The van der Waals surface area contributed by atoms with Crippen molar-refractivity contribution in [3.05, 3.63) is 11.7 Å². The lowest BCUT2D eigenvalue weighted by Crippen LogP contribution is -2.32. The minimum absolute atomic E-state index is 0.251. The SMILES string of the molecule is CNC(=O)NCc1nc(C)no1. The van der Waals surface area contributed by atoms with Crippen LogP contribution in [0.4, 0.5) is 4.79 Å². The zero-order valence-corrected chi connectivity index (χ0v) is 6.92. The van der Waals surface area contributed by atoms with E-state index in [1.807, 2.05) is 0 Å². The van der Waals surface area contributed by atoms with Gasteiger partial charge >= 0.3 is 6.03 Å². The lowest BCUT2D eigenvalue weighted by atomic mass is 10.6. The lowest BCUT2D eigenvalue weighted by molar-refractivity contribution is 0.240. The van der Waals surface area contributed by atoms with Crippen LogP contribution >= 0.6 is 0 Å². The largest absolute Gasteiger partial charge is 0.341 e. The highest BCUT2D eigenvalue weighted by atomic mass is 16.5. The molecule has 0 atom stereocenters. The Bertz CT molecular complexity index is 270. The third-order valence-electron chi connectivity index (χ3n) is 1.20. The maximum absolute atomic E-state index is 10.7. The van der Waals surface area contributed by atoms with Crippen molar-refractivity contribution in [1.82, 2.24) is 20.8 Å². The Balaban J connectivity index is 2.38. The van der Waals surface area contributed by atoms with Crippen LogP contribution in [0.3, 0.4) is 0 Å². The lowest BCUT2D eigenvalue weighted by Gasteiger charge is -1.98. The average molecular weight is 170 g/mol. The fourth-order valence-electron chi connectivity index (χ4n) is 0.656. The standard InChI is InChI=1S/C6H10N4O2/c1-4-9-5(12-10-4)3-8-6(11)7-2/h3H2,1-2H3,(H2,7,8,11). The van der Waals surface area contributed by atoms with Gasteiger partial charge in [-0.3, -0.25) is 0 Å². The van der Waals surface area contributed by atoms with E-state index in [-0.39, 0.29) is 12.6 Å². The summed E-state index contributed by atoms with van der Waals surface area (Å²) in [6.45, 7) is 1.97. The zero-order valence-electron chi connectivity index (χ0n) is 6.92. The molecule has 1 heterocycles. The number of rotatable bonds is 2. The van der Waals surface area contributed by atoms with Crippen molar-refractivity contribution in [2.75, 3.05) is 7.05 Å². The number of aromatic nitrogens is 2. The number of aryl methyl sites for hydroxylation is 1. The molecule has 0 spiro atoms. The molecule has 1 rings (SSSR count). The van der Waals surface area contributed by atoms with Gasteiger partial charge in [-0.1, -0.05) is 5.16 Å². The van der Waals surface area contributed by atoms with Crippen LogP contribution in [-0.2, 0) is 6.54 Å². The molecule has 0 aliphatic carbocycles. The molecule has 0 bridgehead atoms. The Hall–Kier alpha value is -1.59. The Kier molecular flexibility index (Phi) is 2.62. The molecular weight excluding hydrogens is 160 g/mol. The number of hydrogen-bond donors (Lipinski definition) is 2. The first-order valence-electron chi connectivity index (χ1n) is 3.47. The molecule has 0 saturated heterocycles. The fraction of sp³-hybridized carbons (Fsp3) is 0.500. The van der Waals surface area contributed by atoms with E-state index in [1.165, 1.54) is 7.05 Å². The fourth-order valence-corrected chi connectivity index (χ4v) is 0.656. The second kappa shape index (κ2) is 3.70. The number of nitrogens with one attached hydrogen (secondary N) is 2. The molecule has 6 heteroatoms. The summed E-state index contributed by atoms with van der Waals surface area (Å²) in [6.07, 6.45) is 0. The Morgan fingerprint density at radius 2 is 2.42 bits per heavy atom. The summed E-state index contributed by atoms with van der Waals surface area (Å²) in [6, 6.07) is -0.272. The molecule has 0 fully saturated rings. The Labute approximate surface area is 69.3 Å². The number of nitrogens with zero attached hydrogens (tertiary/aromatic N) is 2. The molecule has 0 aliphatic heterocycles. The first-order chi connectivity index (χ1) is 5.72. The van der Waals surface area contributed by atoms with E-state index in [9.17, 15) is 4.79 Å². The molecule has 0 saturated carbocycles. The van der Waals surface area contributed by atoms with Crippen LogP contribution in [0, 0.1) is 6.92 Å². The van der Waals surface area contributed by atoms with Gasteiger partial charge in [-0.05, 0) is 6.92 Å². The van der Waals surface area contributed by atoms with Gasteiger partial charge in [-0.25, -0.2) is 4.79 Å². The summed E-state index contributed by atoms with van der Waals surface area (Å²) in [5.41, 5.74) is 0. The summed E-state index contributed by atoms with van der Waals surface area (Å²) in [5, 5.41) is 8.48. The minimum atomic E-state index is -0.272. The highest BCUT2D eigenvalue weighted by molar-refractivity contribution is 5.73. The molecule has 66 valence electrons. The molecular formula is C6H10N4O2. The predicted octanol–water partition coefficient (Wildman–Crippen LogP) is -0.193. The van der Waals surface area contributed by atoms with Crippen molar-refractivity contribution in [3.8, 4) is 0 Å². The van der Waals surface area contributed by atoms with Crippen molar-refractivity contribution in [2.24, 2.45) is 0 Å². The first kappa shape index (κ1) is 8.51. The topological polar surface area (TPSA) is 80.0 Å². The predicted molar refractivity (Wildman–Crippen MR) is 40.3 cm³/mol. The Morgan fingerprint density at radius 3 is 2.92 bits per heavy atom. The van der Waals surface area contributed by atoms with E-state index in [0.717, 1.165) is 0 Å². The summed E-state index contributed by atoms with van der Waals surface area (Å²) in [7, 11) is 1.54.